The number of amides is 1. The van der Waals surface area contributed by atoms with E-state index in [2.05, 4.69) is 5.32 Å². The van der Waals surface area contributed by atoms with Crippen LogP contribution in [0.3, 0.4) is 0 Å². The van der Waals surface area contributed by atoms with Crippen LogP contribution in [0.1, 0.15) is 38.7 Å². The number of ether oxygens (including phenoxy) is 2. The van der Waals surface area contributed by atoms with Crippen LogP contribution in [0.4, 0.5) is 5.00 Å². The number of esters is 2. The highest BCUT2D eigenvalue weighted by molar-refractivity contribution is 7.17. The predicted molar refractivity (Wildman–Crippen MR) is 108 cm³/mol. The second-order valence-corrected chi connectivity index (χ2v) is 7.61. The second-order valence-electron chi connectivity index (χ2n) is 6.09. The van der Waals surface area contributed by atoms with Gasteiger partial charge < -0.3 is 14.8 Å². The summed E-state index contributed by atoms with van der Waals surface area (Å²) in [6.45, 7) is 0. The number of thiophene rings is 1. The van der Waals surface area contributed by atoms with Gasteiger partial charge in [-0.1, -0.05) is 29.8 Å². The number of carbonyl (C=O) groups excluding carboxylic acids is 3. The van der Waals surface area contributed by atoms with Crippen molar-refractivity contribution in [2.75, 3.05) is 19.5 Å². The summed E-state index contributed by atoms with van der Waals surface area (Å²) >= 11 is 7.35. The number of hydrogen-bond acceptors (Lipinski definition) is 6. The fourth-order valence-corrected chi connectivity index (χ4v) is 4.63. The first kappa shape index (κ1) is 20.1. The van der Waals surface area contributed by atoms with E-state index in [1.54, 1.807) is 24.3 Å². The molecule has 0 fully saturated rings. The Morgan fingerprint density at radius 1 is 1.21 bits per heavy atom. The van der Waals surface area contributed by atoms with Gasteiger partial charge in [-0.15, -0.1) is 11.3 Å². The minimum absolute atomic E-state index is 0.217. The van der Waals surface area contributed by atoms with Gasteiger partial charge in [0.15, 0.2) is 0 Å². The molecule has 1 atom stereocenters. The molecule has 1 aromatic carbocycles. The summed E-state index contributed by atoms with van der Waals surface area (Å²) in [5.74, 6) is -1.95. The zero-order valence-corrected chi connectivity index (χ0v) is 16.9. The Morgan fingerprint density at radius 2 is 1.96 bits per heavy atom. The maximum atomic E-state index is 12.4. The van der Waals surface area contributed by atoms with Gasteiger partial charge >= 0.3 is 11.9 Å². The Labute approximate surface area is 171 Å². The van der Waals surface area contributed by atoms with Crippen LogP contribution in [-0.4, -0.2) is 32.1 Å². The molecule has 8 heteroatoms. The topological polar surface area (TPSA) is 81.7 Å². The fraction of sp³-hybridized carbons (Fsp3) is 0.250. The third-order valence-electron chi connectivity index (χ3n) is 4.46. The van der Waals surface area contributed by atoms with Crippen LogP contribution < -0.4 is 5.32 Å². The van der Waals surface area contributed by atoms with E-state index >= 15 is 0 Å². The van der Waals surface area contributed by atoms with Crippen molar-refractivity contribution in [2.24, 2.45) is 0 Å². The van der Waals surface area contributed by atoms with Crippen LogP contribution >= 0.6 is 22.9 Å². The first-order chi connectivity index (χ1) is 13.5. The molecule has 3 rings (SSSR count). The first-order valence-corrected chi connectivity index (χ1v) is 9.71. The molecule has 1 aliphatic rings. The quantitative estimate of drug-likeness (QED) is 0.584. The Balaban J connectivity index is 1.88. The third kappa shape index (κ3) is 3.95. The van der Waals surface area contributed by atoms with Crippen molar-refractivity contribution in [3.05, 3.63) is 56.9 Å². The van der Waals surface area contributed by atoms with Gasteiger partial charge in [0, 0.05) is 16.0 Å². The molecule has 0 aliphatic heterocycles. The highest BCUT2D eigenvalue weighted by atomic mass is 35.5. The Morgan fingerprint density at radius 3 is 2.64 bits per heavy atom. The van der Waals surface area contributed by atoms with Gasteiger partial charge in [-0.25, -0.2) is 4.79 Å². The van der Waals surface area contributed by atoms with Crippen molar-refractivity contribution in [1.29, 1.82) is 0 Å². The molecule has 1 aromatic heterocycles. The van der Waals surface area contributed by atoms with Gasteiger partial charge in [0.1, 0.15) is 5.00 Å². The number of anilines is 1. The van der Waals surface area contributed by atoms with Crippen LogP contribution in [-0.2, 0) is 25.5 Å². The van der Waals surface area contributed by atoms with Crippen LogP contribution in [0.15, 0.2) is 30.3 Å². The third-order valence-corrected chi connectivity index (χ3v) is 5.99. The number of benzene rings is 1. The molecule has 0 radical (unpaired) electrons. The number of fused-ring (bicyclic) bond motifs is 1. The normalized spacial score (nSPS) is 15.3. The molecule has 0 bridgehead atoms. The number of hydrogen-bond donors (Lipinski definition) is 1. The van der Waals surface area contributed by atoms with E-state index in [1.165, 1.54) is 31.6 Å². The van der Waals surface area contributed by atoms with Crippen LogP contribution in [0, 0.1) is 0 Å². The largest absolute Gasteiger partial charge is 0.469 e. The molecule has 1 unspecified atom stereocenters. The maximum Gasteiger partial charge on any atom is 0.341 e. The number of rotatable bonds is 5. The molecule has 6 nitrogen and oxygen atoms in total. The van der Waals surface area contributed by atoms with E-state index in [4.69, 9.17) is 21.1 Å². The zero-order chi connectivity index (χ0) is 20.3. The van der Waals surface area contributed by atoms with Gasteiger partial charge in [-0.3, -0.25) is 9.59 Å². The summed E-state index contributed by atoms with van der Waals surface area (Å²) in [5, 5.41) is 3.61. The minimum Gasteiger partial charge on any atom is -0.469 e. The maximum absolute atomic E-state index is 12.4. The second kappa shape index (κ2) is 8.58. The number of nitrogens with one attached hydrogen (secondary N) is 1. The minimum atomic E-state index is -0.598. The smallest absolute Gasteiger partial charge is 0.341 e. The van der Waals surface area contributed by atoms with Crippen molar-refractivity contribution >= 4 is 51.9 Å². The van der Waals surface area contributed by atoms with Crippen molar-refractivity contribution in [2.45, 2.75) is 18.8 Å². The van der Waals surface area contributed by atoms with E-state index in [9.17, 15) is 14.4 Å². The number of aryl methyl sites for hydroxylation is 1. The number of methoxy groups -OCH3 is 2. The lowest BCUT2D eigenvalue weighted by atomic mass is 9.99. The molecular formula is C20H18ClNO5S. The molecular weight excluding hydrogens is 402 g/mol. The SMILES string of the molecule is COC(=O)c1c(NC(=O)/C=C/c2ccccc2Cl)sc2c1C(C(=O)OC)CC2. The van der Waals surface area contributed by atoms with Gasteiger partial charge in [0.2, 0.25) is 5.91 Å². The van der Waals surface area contributed by atoms with Gasteiger partial charge in [-0.2, -0.15) is 0 Å². The Bertz CT molecular complexity index is 966. The van der Waals surface area contributed by atoms with Crippen molar-refractivity contribution in [1.82, 2.24) is 0 Å². The fourth-order valence-electron chi connectivity index (χ4n) is 3.16. The average Bonchev–Trinajstić information content (AvgIpc) is 3.24. The lowest BCUT2D eigenvalue weighted by molar-refractivity contribution is -0.142. The molecule has 2 aromatic rings. The van der Waals surface area contributed by atoms with Crippen LogP contribution in [0.5, 0.6) is 0 Å². The summed E-state index contributed by atoms with van der Waals surface area (Å²) < 4.78 is 9.73. The molecule has 0 saturated heterocycles. The lowest BCUT2D eigenvalue weighted by Gasteiger charge is -2.11. The molecule has 1 aliphatic carbocycles. The number of halogens is 1. The zero-order valence-electron chi connectivity index (χ0n) is 15.3. The van der Waals surface area contributed by atoms with Gasteiger partial charge in [-0.05, 0) is 36.1 Å². The summed E-state index contributed by atoms with van der Waals surface area (Å²) in [4.78, 5) is 37.7. The van der Waals surface area contributed by atoms with E-state index < -0.39 is 23.8 Å². The average molecular weight is 420 g/mol. The van der Waals surface area contributed by atoms with Crippen molar-refractivity contribution < 1.29 is 23.9 Å². The van der Waals surface area contributed by atoms with E-state index in [1.807, 2.05) is 6.07 Å². The molecule has 1 N–H and O–H groups in total. The van der Waals surface area contributed by atoms with Gasteiger partial charge in [0.05, 0.1) is 25.7 Å². The predicted octanol–water partition coefficient (Wildman–Crippen LogP) is 4.04. The standard InChI is InChI=1S/C20H18ClNO5S/c1-26-19(24)12-8-9-14-16(12)17(20(25)27-2)18(28-14)22-15(23)10-7-11-5-3-4-6-13(11)21/h3-7,10,12H,8-9H2,1-2H3,(H,22,23)/b10-7+. The molecule has 28 heavy (non-hydrogen) atoms. The monoisotopic (exact) mass is 419 g/mol. The number of carbonyl (C=O) groups is 3. The summed E-state index contributed by atoms with van der Waals surface area (Å²) in [6.07, 6.45) is 4.13. The first-order valence-electron chi connectivity index (χ1n) is 8.51. The Hall–Kier alpha value is -2.64. The van der Waals surface area contributed by atoms with Crippen molar-refractivity contribution in [3.63, 3.8) is 0 Å². The molecule has 0 spiro atoms. The summed E-state index contributed by atoms with van der Waals surface area (Å²) in [7, 11) is 2.57. The Kier molecular flexibility index (Phi) is 6.16. The van der Waals surface area contributed by atoms with Gasteiger partial charge in [0.25, 0.3) is 0 Å². The molecule has 0 saturated carbocycles. The highest BCUT2D eigenvalue weighted by Crippen LogP contribution is 2.45. The van der Waals surface area contributed by atoms with Crippen molar-refractivity contribution in [3.8, 4) is 0 Å². The molecule has 1 amide bonds. The molecule has 146 valence electrons. The van der Waals surface area contributed by atoms with E-state index in [0.29, 0.717) is 34.0 Å². The molecule has 1 heterocycles. The van der Waals surface area contributed by atoms with Crippen LogP contribution in [0.25, 0.3) is 6.08 Å². The lowest BCUT2D eigenvalue weighted by Crippen LogP contribution is -2.16. The van der Waals surface area contributed by atoms with Crippen LogP contribution in [0.2, 0.25) is 5.02 Å². The summed E-state index contributed by atoms with van der Waals surface area (Å²) in [6, 6.07) is 7.13. The van der Waals surface area contributed by atoms with E-state index in [0.717, 1.165) is 4.88 Å². The summed E-state index contributed by atoms with van der Waals surface area (Å²) in [5.41, 5.74) is 1.51. The van der Waals surface area contributed by atoms with E-state index in [-0.39, 0.29) is 5.56 Å². The highest BCUT2D eigenvalue weighted by Gasteiger charge is 2.38.